The second kappa shape index (κ2) is 5.77. The van der Waals surface area contributed by atoms with Gasteiger partial charge in [-0.2, -0.15) is 0 Å². The number of piperidine rings is 1. The average molecular weight is 273 g/mol. The lowest BCUT2D eigenvalue weighted by Gasteiger charge is -2.40. The van der Waals surface area contributed by atoms with E-state index in [9.17, 15) is 14.7 Å². The molecular weight excluding hydrogens is 250 g/mol. The van der Waals surface area contributed by atoms with Crippen LogP contribution in [0.1, 0.15) is 40.0 Å². The maximum Gasteiger partial charge on any atom is 0.410 e. The van der Waals surface area contributed by atoms with Gasteiger partial charge >= 0.3 is 12.1 Å². The number of ether oxygens (including phenoxy) is 1. The molecule has 0 aromatic carbocycles. The third kappa shape index (κ3) is 4.70. The van der Waals surface area contributed by atoms with Crippen LogP contribution in [-0.2, 0) is 9.53 Å². The fourth-order valence-corrected chi connectivity index (χ4v) is 2.20. The van der Waals surface area contributed by atoms with Gasteiger partial charge in [0.2, 0.25) is 0 Å². The number of carbonyl (C=O) groups excluding carboxylic acids is 1. The molecule has 1 fully saturated rings. The van der Waals surface area contributed by atoms with Gasteiger partial charge in [0.25, 0.3) is 0 Å². The smallest absolute Gasteiger partial charge is 0.410 e. The molecule has 0 bridgehead atoms. The van der Waals surface area contributed by atoms with Crippen molar-refractivity contribution in [3.05, 3.63) is 0 Å². The van der Waals surface area contributed by atoms with E-state index in [0.29, 0.717) is 25.9 Å². The summed E-state index contributed by atoms with van der Waals surface area (Å²) in [5, 5.41) is 18.3. The molecule has 6 heteroatoms. The Morgan fingerprint density at radius 1 is 1.26 bits per heavy atom. The lowest BCUT2D eigenvalue weighted by atomic mass is 9.76. The van der Waals surface area contributed by atoms with Gasteiger partial charge in [-0.15, -0.1) is 0 Å². The van der Waals surface area contributed by atoms with Crippen molar-refractivity contribution in [3.63, 3.8) is 0 Å². The van der Waals surface area contributed by atoms with Crippen LogP contribution in [0, 0.1) is 5.41 Å². The summed E-state index contributed by atoms with van der Waals surface area (Å²) in [6.07, 6.45) is 0.518. The molecule has 6 nitrogen and oxygen atoms in total. The van der Waals surface area contributed by atoms with E-state index in [-0.39, 0.29) is 19.1 Å². The first kappa shape index (κ1) is 15.8. The van der Waals surface area contributed by atoms with Crippen LogP contribution >= 0.6 is 0 Å². The van der Waals surface area contributed by atoms with Gasteiger partial charge in [0.15, 0.2) is 0 Å². The van der Waals surface area contributed by atoms with Crippen LogP contribution in [-0.4, -0.2) is 52.5 Å². The fourth-order valence-electron chi connectivity index (χ4n) is 2.20. The van der Waals surface area contributed by atoms with Crippen LogP contribution < -0.4 is 0 Å². The van der Waals surface area contributed by atoms with Gasteiger partial charge in [-0.05, 0) is 33.6 Å². The minimum absolute atomic E-state index is 0.0638. The first-order valence-corrected chi connectivity index (χ1v) is 6.48. The van der Waals surface area contributed by atoms with Crippen molar-refractivity contribution in [2.24, 2.45) is 5.41 Å². The minimum Gasteiger partial charge on any atom is -0.481 e. The van der Waals surface area contributed by atoms with Gasteiger partial charge in [-0.3, -0.25) is 4.79 Å². The molecule has 1 heterocycles. The Kier molecular flexibility index (Phi) is 4.79. The highest BCUT2D eigenvalue weighted by Gasteiger charge is 2.38. The van der Waals surface area contributed by atoms with Crippen LogP contribution in [0.15, 0.2) is 0 Å². The van der Waals surface area contributed by atoms with E-state index in [4.69, 9.17) is 9.84 Å². The molecule has 110 valence electrons. The van der Waals surface area contributed by atoms with Crippen molar-refractivity contribution in [1.82, 2.24) is 4.90 Å². The van der Waals surface area contributed by atoms with E-state index in [2.05, 4.69) is 0 Å². The summed E-state index contributed by atoms with van der Waals surface area (Å²) in [5.41, 5.74) is -1.14. The molecule has 19 heavy (non-hydrogen) atoms. The number of aliphatic carboxylic acids is 1. The number of hydrogen-bond donors (Lipinski definition) is 2. The monoisotopic (exact) mass is 273 g/mol. The van der Waals surface area contributed by atoms with Gasteiger partial charge in [-0.1, -0.05) is 0 Å². The number of nitrogens with zero attached hydrogens (tertiary/aromatic N) is 1. The Hall–Kier alpha value is -1.30. The molecule has 1 aliphatic rings. The van der Waals surface area contributed by atoms with Crippen molar-refractivity contribution >= 4 is 12.1 Å². The molecule has 0 spiro atoms. The largest absolute Gasteiger partial charge is 0.481 e. The molecule has 2 N–H and O–H groups in total. The number of likely N-dealkylation sites (tertiary alicyclic amines) is 1. The van der Waals surface area contributed by atoms with Crippen LogP contribution in [0.5, 0.6) is 0 Å². The van der Waals surface area contributed by atoms with Gasteiger partial charge in [0, 0.05) is 25.1 Å². The Balaban J connectivity index is 2.56. The topological polar surface area (TPSA) is 87.1 Å². The van der Waals surface area contributed by atoms with E-state index in [0.717, 1.165) is 0 Å². The number of aliphatic hydroxyl groups is 1. The molecule has 1 saturated heterocycles. The maximum atomic E-state index is 11.9. The maximum absolute atomic E-state index is 11.9. The summed E-state index contributed by atoms with van der Waals surface area (Å²) in [4.78, 5) is 24.2. The quantitative estimate of drug-likeness (QED) is 0.813. The fraction of sp³-hybridized carbons (Fsp3) is 0.846. The second-order valence-electron chi connectivity index (χ2n) is 6.20. The van der Waals surface area contributed by atoms with Crippen LogP contribution in [0.3, 0.4) is 0 Å². The molecule has 0 aliphatic carbocycles. The third-order valence-corrected chi connectivity index (χ3v) is 3.34. The summed E-state index contributed by atoms with van der Waals surface area (Å²) in [6, 6.07) is 0. The van der Waals surface area contributed by atoms with E-state index in [1.807, 2.05) is 0 Å². The van der Waals surface area contributed by atoms with Crippen molar-refractivity contribution in [3.8, 4) is 0 Å². The zero-order chi connectivity index (χ0) is 14.7. The number of carboxylic acid groups (broad SMARTS) is 1. The van der Waals surface area contributed by atoms with Crippen molar-refractivity contribution < 1.29 is 24.5 Å². The first-order chi connectivity index (χ1) is 8.67. The number of hydrogen-bond acceptors (Lipinski definition) is 4. The molecule has 1 aliphatic heterocycles. The predicted octanol–water partition coefficient (Wildman–Crippen LogP) is 1.47. The van der Waals surface area contributed by atoms with E-state index in [1.54, 1.807) is 25.7 Å². The minimum atomic E-state index is -0.917. The zero-order valence-electron chi connectivity index (χ0n) is 11.8. The summed E-state index contributed by atoms with van der Waals surface area (Å²) in [5.74, 6) is -0.917. The van der Waals surface area contributed by atoms with Gasteiger partial charge in [0.1, 0.15) is 5.60 Å². The number of carbonyl (C=O) groups is 2. The Bertz CT molecular complexity index is 339. The molecule has 1 rings (SSSR count). The van der Waals surface area contributed by atoms with Crippen molar-refractivity contribution in [2.75, 3.05) is 19.7 Å². The van der Waals surface area contributed by atoms with E-state index < -0.39 is 17.0 Å². The number of carboxylic acids is 1. The predicted molar refractivity (Wildman–Crippen MR) is 68.8 cm³/mol. The van der Waals surface area contributed by atoms with Gasteiger partial charge in [-0.25, -0.2) is 4.79 Å². The molecule has 0 radical (unpaired) electrons. The molecule has 1 amide bonds. The lowest BCUT2D eigenvalue weighted by molar-refractivity contribution is -0.141. The third-order valence-electron chi connectivity index (χ3n) is 3.34. The molecule has 0 aromatic heterocycles. The Morgan fingerprint density at radius 3 is 2.16 bits per heavy atom. The van der Waals surface area contributed by atoms with E-state index >= 15 is 0 Å². The molecule has 0 saturated carbocycles. The lowest BCUT2D eigenvalue weighted by Crippen LogP contribution is -2.47. The highest BCUT2D eigenvalue weighted by atomic mass is 16.6. The SMILES string of the molecule is CC(C)(C)OC(=O)N1CCC(CO)(CC(=O)O)CC1. The number of amides is 1. The Labute approximate surface area is 113 Å². The molecule has 0 unspecified atom stereocenters. The van der Waals surface area contributed by atoms with Crippen molar-refractivity contribution in [1.29, 1.82) is 0 Å². The van der Waals surface area contributed by atoms with Gasteiger partial charge < -0.3 is 19.8 Å². The summed E-state index contributed by atoms with van der Waals surface area (Å²) in [7, 11) is 0. The van der Waals surface area contributed by atoms with Gasteiger partial charge in [0.05, 0.1) is 6.42 Å². The second-order valence-corrected chi connectivity index (χ2v) is 6.20. The first-order valence-electron chi connectivity index (χ1n) is 6.48. The summed E-state index contributed by atoms with van der Waals surface area (Å²) in [6.45, 7) is 6.08. The number of aliphatic hydroxyl groups excluding tert-OH is 1. The normalized spacial score (nSPS) is 19.1. The Morgan fingerprint density at radius 2 is 1.79 bits per heavy atom. The average Bonchev–Trinajstić information content (AvgIpc) is 2.26. The highest BCUT2D eigenvalue weighted by molar-refractivity contribution is 5.69. The standard InChI is InChI=1S/C13H23NO5/c1-12(2,3)19-11(18)14-6-4-13(9-15,5-7-14)8-10(16)17/h15H,4-9H2,1-3H3,(H,16,17). The highest BCUT2D eigenvalue weighted by Crippen LogP contribution is 2.34. The van der Waals surface area contributed by atoms with Crippen LogP contribution in [0.4, 0.5) is 4.79 Å². The summed E-state index contributed by atoms with van der Waals surface area (Å²) < 4.78 is 5.27. The van der Waals surface area contributed by atoms with Crippen molar-refractivity contribution in [2.45, 2.75) is 45.6 Å². The summed E-state index contributed by atoms with van der Waals surface area (Å²) >= 11 is 0. The molecular formula is C13H23NO5. The van der Waals surface area contributed by atoms with Crippen LogP contribution in [0.2, 0.25) is 0 Å². The molecule has 0 aromatic rings. The zero-order valence-corrected chi connectivity index (χ0v) is 11.8. The van der Waals surface area contributed by atoms with Crippen LogP contribution in [0.25, 0.3) is 0 Å². The van der Waals surface area contributed by atoms with E-state index in [1.165, 1.54) is 0 Å². The number of rotatable bonds is 3. The molecule has 0 atom stereocenters.